The van der Waals surface area contributed by atoms with Gasteiger partial charge in [-0.25, -0.2) is 4.98 Å². The Balaban J connectivity index is 1.39. The van der Waals surface area contributed by atoms with Gasteiger partial charge in [-0.1, -0.05) is 72.4 Å². The van der Waals surface area contributed by atoms with Crippen LogP contribution in [0, 0.1) is 6.92 Å². The molecule has 2 aromatic heterocycles. The molecule has 1 amide bonds. The molecule has 3 aromatic carbocycles. The summed E-state index contributed by atoms with van der Waals surface area (Å²) in [6.45, 7) is 4.73. The SMILES string of the molecule is CCc1ccc(-c2cn3c(n2)sc2cc(C(=O)NCc4cccc(C)c4)ccc23)cc1. The predicted molar refractivity (Wildman–Crippen MR) is 128 cm³/mol. The molecule has 0 atom stereocenters. The molecule has 4 nitrogen and oxygen atoms in total. The number of benzene rings is 3. The number of imidazole rings is 1. The molecule has 0 fully saturated rings. The van der Waals surface area contributed by atoms with Crippen LogP contribution in [0.3, 0.4) is 0 Å². The molecule has 154 valence electrons. The predicted octanol–water partition coefficient (Wildman–Crippen LogP) is 6.02. The van der Waals surface area contributed by atoms with Crippen molar-refractivity contribution in [3.63, 3.8) is 0 Å². The molecule has 0 bridgehead atoms. The minimum atomic E-state index is -0.0638. The maximum atomic E-state index is 12.7. The number of aromatic nitrogens is 2. The van der Waals surface area contributed by atoms with Gasteiger partial charge in [-0.15, -0.1) is 0 Å². The van der Waals surface area contributed by atoms with E-state index in [1.54, 1.807) is 11.3 Å². The highest BCUT2D eigenvalue weighted by Gasteiger charge is 2.13. The summed E-state index contributed by atoms with van der Waals surface area (Å²) in [4.78, 5) is 18.4. The van der Waals surface area contributed by atoms with Gasteiger partial charge in [0.2, 0.25) is 0 Å². The Hall–Kier alpha value is -3.44. The molecule has 0 spiro atoms. The molecule has 0 saturated carbocycles. The molecular formula is C26H23N3OS. The van der Waals surface area contributed by atoms with Crippen molar-refractivity contribution in [1.29, 1.82) is 0 Å². The third kappa shape index (κ3) is 3.84. The van der Waals surface area contributed by atoms with Crippen molar-refractivity contribution < 1.29 is 4.79 Å². The lowest BCUT2D eigenvalue weighted by molar-refractivity contribution is 0.0951. The highest BCUT2D eigenvalue weighted by molar-refractivity contribution is 7.23. The Morgan fingerprint density at radius 2 is 1.87 bits per heavy atom. The van der Waals surface area contributed by atoms with Crippen molar-refractivity contribution in [1.82, 2.24) is 14.7 Å². The molecule has 0 saturated heterocycles. The molecule has 31 heavy (non-hydrogen) atoms. The van der Waals surface area contributed by atoms with E-state index in [-0.39, 0.29) is 5.91 Å². The van der Waals surface area contributed by atoms with Crippen molar-refractivity contribution in [3.05, 3.63) is 95.2 Å². The molecule has 5 aromatic rings. The zero-order chi connectivity index (χ0) is 21.4. The number of hydrogen-bond donors (Lipinski definition) is 1. The highest BCUT2D eigenvalue weighted by Crippen LogP contribution is 2.30. The molecule has 0 aliphatic carbocycles. The largest absolute Gasteiger partial charge is 0.348 e. The second-order valence-corrected chi connectivity index (χ2v) is 8.79. The third-order valence-electron chi connectivity index (χ3n) is 5.55. The van der Waals surface area contributed by atoms with Gasteiger partial charge in [0.1, 0.15) is 0 Å². The maximum Gasteiger partial charge on any atom is 0.251 e. The molecule has 0 aliphatic rings. The van der Waals surface area contributed by atoms with E-state index in [4.69, 9.17) is 4.98 Å². The van der Waals surface area contributed by atoms with Crippen LogP contribution in [0.2, 0.25) is 0 Å². The monoisotopic (exact) mass is 425 g/mol. The molecule has 1 N–H and O–H groups in total. The van der Waals surface area contributed by atoms with E-state index in [2.05, 4.69) is 66.2 Å². The summed E-state index contributed by atoms with van der Waals surface area (Å²) < 4.78 is 3.16. The molecule has 5 rings (SSSR count). The first-order valence-corrected chi connectivity index (χ1v) is 11.3. The minimum absolute atomic E-state index is 0.0638. The van der Waals surface area contributed by atoms with Gasteiger partial charge < -0.3 is 5.32 Å². The zero-order valence-corrected chi connectivity index (χ0v) is 18.4. The van der Waals surface area contributed by atoms with Crippen LogP contribution >= 0.6 is 11.3 Å². The summed E-state index contributed by atoms with van der Waals surface area (Å²) in [6, 6.07) is 22.6. The average Bonchev–Trinajstić information content (AvgIpc) is 3.35. The fraction of sp³-hybridized carbons (Fsp3) is 0.154. The van der Waals surface area contributed by atoms with Crippen LogP contribution in [-0.2, 0) is 13.0 Å². The van der Waals surface area contributed by atoms with Crippen molar-refractivity contribution >= 4 is 32.4 Å². The topological polar surface area (TPSA) is 46.4 Å². The summed E-state index contributed by atoms with van der Waals surface area (Å²) in [7, 11) is 0. The van der Waals surface area contributed by atoms with Gasteiger partial charge in [0.05, 0.1) is 15.9 Å². The number of amides is 1. The van der Waals surface area contributed by atoms with Crippen LogP contribution in [0.1, 0.15) is 34.0 Å². The average molecular weight is 426 g/mol. The number of fused-ring (bicyclic) bond motifs is 3. The lowest BCUT2D eigenvalue weighted by Crippen LogP contribution is -2.22. The number of rotatable bonds is 5. The molecule has 5 heteroatoms. The fourth-order valence-electron chi connectivity index (χ4n) is 3.80. The maximum absolute atomic E-state index is 12.7. The van der Waals surface area contributed by atoms with Gasteiger partial charge in [0.15, 0.2) is 4.96 Å². The molecule has 0 unspecified atom stereocenters. The third-order valence-corrected chi connectivity index (χ3v) is 6.57. The number of nitrogens with one attached hydrogen (secondary N) is 1. The first-order valence-electron chi connectivity index (χ1n) is 10.5. The van der Waals surface area contributed by atoms with Crippen LogP contribution in [0.25, 0.3) is 26.4 Å². The lowest BCUT2D eigenvalue weighted by atomic mass is 10.1. The molecule has 0 radical (unpaired) electrons. The quantitative estimate of drug-likeness (QED) is 0.374. The van der Waals surface area contributed by atoms with Gasteiger partial charge in [0.25, 0.3) is 5.91 Å². The van der Waals surface area contributed by atoms with Crippen LogP contribution in [-0.4, -0.2) is 15.3 Å². The van der Waals surface area contributed by atoms with Crippen LogP contribution in [0.5, 0.6) is 0 Å². The smallest absolute Gasteiger partial charge is 0.251 e. The Labute approximate surface area is 185 Å². The normalized spacial score (nSPS) is 11.3. The molecule has 2 heterocycles. The van der Waals surface area contributed by atoms with E-state index < -0.39 is 0 Å². The fourth-order valence-corrected chi connectivity index (χ4v) is 4.85. The van der Waals surface area contributed by atoms with E-state index >= 15 is 0 Å². The standard InChI is InChI=1S/C26H23N3OS/c1-3-18-7-9-20(10-8-18)22-16-29-23-12-11-21(14-24(23)31-26(29)28-22)25(30)27-15-19-6-4-5-17(2)13-19/h4-14,16H,3,15H2,1-2H3,(H,27,30). The van der Waals surface area contributed by atoms with Gasteiger partial charge in [-0.05, 0) is 42.7 Å². The number of carbonyl (C=O) groups excluding carboxylic acids is 1. The van der Waals surface area contributed by atoms with Crippen molar-refractivity contribution in [2.45, 2.75) is 26.8 Å². The minimum Gasteiger partial charge on any atom is -0.348 e. The van der Waals surface area contributed by atoms with Crippen LogP contribution in [0.15, 0.2) is 72.9 Å². The van der Waals surface area contributed by atoms with Crippen LogP contribution < -0.4 is 5.32 Å². The van der Waals surface area contributed by atoms with E-state index in [9.17, 15) is 4.79 Å². The first kappa shape index (κ1) is 19.5. The summed E-state index contributed by atoms with van der Waals surface area (Å²) in [5, 5.41) is 3.02. The van der Waals surface area contributed by atoms with E-state index in [0.29, 0.717) is 12.1 Å². The van der Waals surface area contributed by atoms with E-state index in [1.807, 2.05) is 30.3 Å². The number of thiazole rings is 1. The zero-order valence-electron chi connectivity index (χ0n) is 17.6. The van der Waals surface area contributed by atoms with Gasteiger partial charge >= 0.3 is 0 Å². The lowest BCUT2D eigenvalue weighted by Gasteiger charge is -2.06. The highest BCUT2D eigenvalue weighted by atomic mass is 32.1. The van der Waals surface area contributed by atoms with Crippen molar-refractivity contribution in [3.8, 4) is 11.3 Å². The second kappa shape index (κ2) is 8.00. The van der Waals surface area contributed by atoms with E-state index in [0.717, 1.165) is 38.4 Å². The summed E-state index contributed by atoms with van der Waals surface area (Å²) in [6.07, 6.45) is 3.11. The van der Waals surface area contributed by atoms with Crippen LogP contribution in [0.4, 0.5) is 0 Å². The van der Waals surface area contributed by atoms with Gasteiger partial charge in [0, 0.05) is 23.9 Å². The Morgan fingerprint density at radius 1 is 1.03 bits per heavy atom. The Morgan fingerprint density at radius 3 is 2.65 bits per heavy atom. The number of nitrogens with zero attached hydrogens (tertiary/aromatic N) is 2. The molecule has 0 aliphatic heterocycles. The Kier molecular flexibility index (Phi) is 5.04. The summed E-state index contributed by atoms with van der Waals surface area (Å²) >= 11 is 1.60. The van der Waals surface area contributed by atoms with Gasteiger partial charge in [-0.3, -0.25) is 9.20 Å². The Bertz CT molecular complexity index is 1400. The summed E-state index contributed by atoms with van der Waals surface area (Å²) in [5.74, 6) is -0.0638. The van der Waals surface area contributed by atoms with E-state index in [1.165, 1.54) is 11.1 Å². The number of carbonyl (C=O) groups is 1. The number of aryl methyl sites for hydroxylation is 2. The van der Waals surface area contributed by atoms with Crippen molar-refractivity contribution in [2.24, 2.45) is 0 Å². The van der Waals surface area contributed by atoms with Gasteiger partial charge in [-0.2, -0.15) is 0 Å². The second-order valence-electron chi connectivity index (χ2n) is 7.79. The first-order chi connectivity index (χ1) is 15.1. The molecular weight excluding hydrogens is 402 g/mol. The number of hydrogen-bond acceptors (Lipinski definition) is 3. The summed E-state index contributed by atoms with van der Waals surface area (Å²) in [5.41, 5.74) is 7.44. The van der Waals surface area contributed by atoms with Crippen molar-refractivity contribution in [2.75, 3.05) is 0 Å².